The fraction of sp³-hybridized carbons (Fsp3) is 0.600. The van der Waals surface area contributed by atoms with Crippen molar-refractivity contribution < 1.29 is 43.4 Å². The van der Waals surface area contributed by atoms with Gasteiger partial charge >= 0.3 is 0 Å². The van der Waals surface area contributed by atoms with E-state index in [4.69, 9.17) is 5.73 Å². The Morgan fingerprint density at radius 3 is 2.49 bits per heavy atom. The van der Waals surface area contributed by atoms with Gasteiger partial charge in [0.05, 0.1) is 29.3 Å². The molecule has 1 saturated heterocycles. The Bertz CT molecular complexity index is 1470. The van der Waals surface area contributed by atoms with Crippen LogP contribution in [0.3, 0.4) is 0 Å². The van der Waals surface area contributed by atoms with Crippen molar-refractivity contribution in [1.82, 2.24) is 10.2 Å². The number of nitrogens with two attached hydrogens (primary N) is 1. The van der Waals surface area contributed by atoms with Crippen molar-refractivity contribution in [3.63, 3.8) is 0 Å². The molecule has 230 valence electrons. The predicted octanol–water partition coefficient (Wildman–Crippen LogP) is -0.499. The molecule has 0 aromatic heterocycles. The second kappa shape index (κ2) is 10.3. The molecule has 0 bridgehead atoms. The number of ketones is 4. The van der Waals surface area contributed by atoms with Gasteiger partial charge in [0.1, 0.15) is 5.82 Å². The van der Waals surface area contributed by atoms with Gasteiger partial charge in [-0.15, -0.1) is 0 Å². The van der Waals surface area contributed by atoms with Gasteiger partial charge in [-0.3, -0.25) is 33.7 Å². The van der Waals surface area contributed by atoms with E-state index >= 15 is 4.39 Å². The van der Waals surface area contributed by atoms with Gasteiger partial charge in [-0.2, -0.15) is 0 Å². The number of likely N-dealkylation sites (N-methyl/N-ethyl adjacent to an activating group) is 1. The molecule has 4 fully saturated rings. The molecule has 1 aromatic rings. The molecular weight excluding hydrogens is 563 g/mol. The molecule has 2 unspecified atom stereocenters. The van der Waals surface area contributed by atoms with Crippen LogP contribution in [-0.4, -0.2) is 94.9 Å². The zero-order valence-corrected chi connectivity index (χ0v) is 24.0. The molecule has 1 aliphatic heterocycles. The highest BCUT2D eigenvalue weighted by molar-refractivity contribution is 6.32. The summed E-state index contributed by atoms with van der Waals surface area (Å²) in [5.74, 6) is -13.0. The van der Waals surface area contributed by atoms with Crippen molar-refractivity contribution in [3.05, 3.63) is 23.0 Å². The SMILES string of the molecule is CN(C)[C@@H]1C(=O)C(C(N)=O)C(=O)[C@@]2(O)C(=O)C3C(=O)c4c(O)c(N5CCC[C@H](NCC6CC6)C5=O)cc(F)c4C[C@H]3C[C@@H]12. The lowest BCUT2D eigenvalue weighted by Gasteiger charge is -2.52. The zero-order chi connectivity index (χ0) is 31.1. The maximum Gasteiger partial charge on any atom is 0.244 e. The number of phenols is 1. The summed E-state index contributed by atoms with van der Waals surface area (Å²) in [7, 11) is 2.98. The second-order valence-corrected chi connectivity index (χ2v) is 12.9. The second-order valence-electron chi connectivity index (χ2n) is 12.9. The van der Waals surface area contributed by atoms with Crippen molar-refractivity contribution in [2.75, 3.05) is 32.1 Å². The van der Waals surface area contributed by atoms with Crippen LogP contribution in [0.2, 0.25) is 0 Å². The Labute approximate surface area is 246 Å². The Morgan fingerprint density at radius 2 is 1.86 bits per heavy atom. The first-order valence-corrected chi connectivity index (χ1v) is 14.7. The van der Waals surface area contributed by atoms with E-state index in [-0.39, 0.29) is 36.5 Å². The number of aliphatic hydroxyl groups is 1. The number of fused-ring (bicyclic) bond motifs is 3. The number of benzene rings is 1. The molecule has 1 heterocycles. The van der Waals surface area contributed by atoms with Crippen LogP contribution < -0.4 is 16.0 Å². The first-order valence-electron chi connectivity index (χ1n) is 14.7. The molecule has 0 radical (unpaired) electrons. The lowest BCUT2D eigenvalue weighted by Crippen LogP contribution is -2.74. The Kier molecular flexibility index (Phi) is 7.05. The molecule has 3 saturated carbocycles. The van der Waals surface area contributed by atoms with E-state index < -0.39 is 87.5 Å². The van der Waals surface area contributed by atoms with Gasteiger partial charge in [0, 0.05) is 24.1 Å². The molecule has 5 aliphatic rings. The largest absolute Gasteiger partial charge is 0.505 e. The number of phenolic OH excluding ortho intramolecular Hbond substituents is 1. The number of hydrogen-bond acceptors (Lipinski definition) is 10. The van der Waals surface area contributed by atoms with Crippen LogP contribution in [0.5, 0.6) is 5.75 Å². The molecule has 6 rings (SSSR count). The number of amides is 2. The summed E-state index contributed by atoms with van der Waals surface area (Å²) >= 11 is 0. The number of carbonyl (C=O) groups is 6. The smallest absolute Gasteiger partial charge is 0.244 e. The minimum atomic E-state index is -2.87. The lowest BCUT2D eigenvalue weighted by molar-refractivity contribution is -0.181. The van der Waals surface area contributed by atoms with Crippen LogP contribution in [0.15, 0.2) is 6.07 Å². The molecule has 1 aromatic carbocycles. The Morgan fingerprint density at radius 1 is 1.16 bits per heavy atom. The van der Waals surface area contributed by atoms with E-state index in [2.05, 4.69) is 5.32 Å². The topological polar surface area (TPSA) is 187 Å². The average Bonchev–Trinajstić information content (AvgIpc) is 3.76. The number of nitrogens with one attached hydrogen (secondary N) is 1. The summed E-state index contributed by atoms with van der Waals surface area (Å²) in [5, 5.41) is 26.3. The van der Waals surface area contributed by atoms with E-state index in [1.165, 1.54) is 23.9 Å². The summed E-state index contributed by atoms with van der Waals surface area (Å²) in [6, 6.07) is -0.742. The van der Waals surface area contributed by atoms with E-state index in [1.54, 1.807) is 0 Å². The third kappa shape index (κ3) is 4.34. The molecule has 7 atom stereocenters. The maximum atomic E-state index is 15.7. The number of carbonyl (C=O) groups excluding carboxylic acids is 6. The molecule has 4 aliphatic carbocycles. The molecule has 12 nitrogen and oxygen atoms in total. The van der Waals surface area contributed by atoms with Gasteiger partial charge in [0.2, 0.25) is 11.8 Å². The third-order valence-electron chi connectivity index (χ3n) is 10.1. The summed E-state index contributed by atoms with van der Waals surface area (Å²) in [4.78, 5) is 82.6. The van der Waals surface area contributed by atoms with Crippen LogP contribution in [0.25, 0.3) is 0 Å². The fourth-order valence-electron chi connectivity index (χ4n) is 7.75. The normalized spacial score (nSPS) is 34.3. The first kappa shape index (κ1) is 29.5. The summed E-state index contributed by atoms with van der Waals surface area (Å²) in [6.45, 7) is 0.869. The monoisotopic (exact) mass is 598 g/mol. The van der Waals surface area contributed by atoms with Gasteiger partial charge in [-0.25, -0.2) is 4.39 Å². The Hall–Kier alpha value is -3.55. The molecule has 5 N–H and O–H groups in total. The highest BCUT2D eigenvalue weighted by atomic mass is 19.1. The maximum absolute atomic E-state index is 15.7. The predicted molar refractivity (Wildman–Crippen MR) is 147 cm³/mol. The zero-order valence-electron chi connectivity index (χ0n) is 24.0. The van der Waals surface area contributed by atoms with E-state index in [9.17, 15) is 39.0 Å². The Balaban J connectivity index is 1.38. The van der Waals surface area contributed by atoms with Gasteiger partial charge in [0.15, 0.2) is 40.4 Å². The van der Waals surface area contributed by atoms with Crippen LogP contribution >= 0.6 is 0 Å². The van der Waals surface area contributed by atoms with Crippen LogP contribution in [0, 0.1) is 35.4 Å². The van der Waals surface area contributed by atoms with E-state index in [1.807, 2.05) is 0 Å². The van der Waals surface area contributed by atoms with Crippen molar-refractivity contribution in [2.45, 2.75) is 56.2 Å². The molecule has 0 spiro atoms. The number of primary amides is 1. The molecule has 43 heavy (non-hydrogen) atoms. The first-order chi connectivity index (χ1) is 20.3. The standard InChI is InChI=1S/C30H35FN4O8/c1-34(2)22-15-9-13-8-14-16(31)10-18(35-7-3-4-17(29(35)42)33-11-12-5-6-12)23(36)20(14)24(37)19(13)26(39)30(15,43)27(40)21(25(22)38)28(32)41/h10,12-13,15,17,19,21-22,33,36,43H,3-9,11H2,1-2H3,(H2,32,41)/t13-,15-,17-,19?,21?,22-,30-/m0/s1. The van der Waals surface area contributed by atoms with E-state index in [0.29, 0.717) is 25.3 Å². The summed E-state index contributed by atoms with van der Waals surface area (Å²) < 4.78 is 15.7. The molecule has 2 amide bonds. The van der Waals surface area contributed by atoms with Gasteiger partial charge < -0.3 is 26.2 Å². The number of nitrogens with zero attached hydrogens (tertiary/aromatic N) is 2. The van der Waals surface area contributed by atoms with E-state index in [0.717, 1.165) is 18.9 Å². The third-order valence-corrected chi connectivity index (χ3v) is 10.1. The summed E-state index contributed by atoms with van der Waals surface area (Å²) in [6.07, 6.45) is 2.97. The van der Waals surface area contributed by atoms with Gasteiger partial charge in [-0.1, -0.05) is 0 Å². The average molecular weight is 599 g/mol. The van der Waals surface area contributed by atoms with Crippen molar-refractivity contribution in [3.8, 4) is 5.75 Å². The van der Waals surface area contributed by atoms with Crippen molar-refractivity contribution >= 4 is 40.6 Å². The number of halogens is 1. The molecular formula is C30H35FN4O8. The lowest BCUT2D eigenvalue weighted by atomic mass is 9.52. The van der Waals surface area contributed by atoms with Crippen LogP contribution in [0.4, 0.5) is 10.1 Å². The number of anilines is 1. The minimum absolute atomic E-state index is 0.136. The number of aromatic hydroxyl groups is 1. The van der Waals surface area contributed by atoms with Gasteiger partial charge in [-0.05, 0) is 71.0 Å². The van der Waals surface area contributed by atoms with Gasteiger partial charge in [0.25, 0.3) is 0 Å². The highest BCUT2D eigenvalue weighted by Gasteiger charge is 2.69. The molecule has 13 heteroatoms. The van der Waals surface area contributed by atoms with Crippen molar-refractivity contribution in [1.29, 1.82) is 0 Å². The van der Waals surface area contributed by atoms with Crippen LogP contribution in [0.1, 0.15) is 48.0 Å². The number of piperidine rings is 1. The fourth-order valence-corrected chi connectivity index (χ4v) is 7.75. The highest BCUT2D eigenvalue weighted by Crippen LogP contribution is 2.52. The quantitative estimate of drug-likeness (QED) is 0.311. The minimum Gasteiger partial charge on any atom is -0.505 e. The number of Topliss-reactive ketones (excluding diaryl/α,β-unsaturated/α-hetero) is 4. The number of hydrogen-bond donors (Lipinski definition) is 4. The van der Waals surface area contributed by atoms with Crippen molar-refractivity contribution in [2.24, 2.45) is 35.3 Å². The van der Waals surface area contributed by atoms with Crippen LogP contribution in [-0.2, 0) is 30.4 Å². The summed E-state index contributed by atoms with van der Waals surface area (Å²) in [5.41, 5.74) is 1.68. The number of rotatable bonds is 6.